The molecule has 3 N–H and O–H groups in total. The summed E-state index contributed by atoms with van der Waals surface area (Å²) in [5.74, 6) is -1.51. The van der Waals surface area contributed by atoms with Gasteiger partial charge >= 0.3 is 19.6 Å². The largest absolute Gasteiger partial charge is 0.469 e. The first-order valence-corrected chi connectivity index (χ1v) is 9.15. The van der Waals surface area contributed by atoms with Gasteiger partial charge in [-0.05, 0) is 6.92 Å². The number of hydrogen-bond acceptors (Lipinski definition) is 9. The minimum Gasteiger partial charge on any atom is -0.469 e. The lowest BCUT2D eigenvalue weighted by atomic mass is 9.86. The Morgan fingerprint density at radius 2 is 2.12 bits per heavy atom. The van der Waals surface area contributed by atoms with Crippen molar-refractivity contribution in [1.29, 1.82) is 0 Å². The van der Waals surface area contributed by atoms with Gasteiger partial charge < -0.3 is 9.84 Å². The number of aliphatic hydroxyl groups is 1. The molecule has 2 unspecified atom stereocenters. The van der Waals surface area contributed by atoms with Gasteiger partial charge in [-0.25, -0.2) is 9.65 Å². The Morgan fingerprint density at radius 1 is 1.48 bits per heavy atom. The fourth-order valence-electron chi connectivity index (χ4n) is 2.11. The third kappa shape index (κ3) is 6.21. The van der Waals surface area contributed by atoms with Crippen molar-refractivity contribution >= 4 is 19.6 Å². The van der Waals surface area contributed by atoms with Crippen LogP contribution in [0.3, 0.4) is 0 Å². The number of hydrogen-bond donors (Lipinski definition) is 3. The SMILES string of the molecule is COC(=O)CCNC(O)[C@@H]1OP(=O)(N[C@@H](C)C(=O)N=O)OCC1(C)C. The average Bonchev–Trinajstić information content (AvgIpc) is 2.56. The zero-order chi connectivity index (χ0) is 19.3. The Balaban J connectivity index is 2.75. The van der Waals surface area contributed by atoms with Crippen LogP contribution >= 0.6 is 7.75 Å². The Morgan fingerprint density at radius 3 is 2.68 bits per heavy atom. The summed E-state index contributed by atoms with van der Waals surface area (Å²) >= 11 is 0. The van der Waals surface area contributed by atoms with Crippen LogP contribution in [0.2, 0.25) is 0 Å². The number of nitrogens with one attached hydrogen (secondary N) is 2. The molecule has 0 bridgehead atoms. The van der Waals surface area contributed by atoms with Crippen LogP contribution in [0.1, 0.15) is 27.2 Å². The molecule has 1 rings (SSSR count). The molecule has 1 amide bonds. The van der Waals surface area contributed by atoms with Crippen LogP contribution in [0.25, 0.3) is 0 Å². The molecule has 0 radical (unpaired) electrons. The topological polar surface area (TPSA) is 153 Å². The molecule has 25 heavy (non-hydrogen) atoms. The summed E-state index contributed by atoms with van der Waals surface area (Å²) in [6, 6.07) is -1.17. The van der Waals surface area contributed by atoms with Crippen LogP contribution in [0.15, 0.2) is 5.18 Å². The molecule has 0 spiro atoms. The lowest BCUT2D eigenvalue weighted by molar-refractivity contribution is -0.141. The lowest BCUT2D eigenvalue weighted by Crippen LogP contribution is -2.54. The molecule has 1 fully saturated rings. The van der Waals surface area contributed by atoms with Crippen molar-refractivity contribution in [1.82, 2.24) is 10.4 Å². The first-order chi connectivity index (χ1) is 11.5. The molecule has 12 heteroatoms. The highest BCUT2D eigenvalue weighted by Gasteiger charge is 2.48. The predicted molar refractivity (Wildman–Crippen MR) is 86.3 cm³/mol. The first-order valence-electron chi connectivity index (χ1n) is 7.61. The Kier molecular flexibility index (Phi) is 7.79. The molecule has 1 aliphatic heterocycles. The molecule has 1 saturated heterocycles. The molecule has 0 aliphatic carbocycles. The summed E-state index contributed by atoms with van der Waals surface area (Å²) < 4.78 is 27.7. The van der Waals surface area contributed by atoms with E-state index in [9.17, 15) is 24.2 Å². The second kappa shape index (κ2) is 8.93. The quantitative estimate of drug-likeness (QED) is 0.231. The third-order valence-corrected chi connectivity index (χ3v) is 5.32. The van der Waals surface area contributed by atoms with Crippen LogP contribution in [0.4, 0.5) is 0 Å². The fourth-order valence-corrected chi connectivity index (χ4v) is 4.09. The molecule has 1 aliphatic rings. The van der Waals surface area contributed by atoms with Crippen LogP contribution < -0.4 is 10.4 Å². The monoisotopic (exact) mass is 381 g/mol. The highest BCUT2D eigenvalue weighted by Crippen LogP contribution is 2.54. The zero-order valence-electron chi connectivity index (χ0n) is 14.6. The van der Waals surface area contributed by atoms with Crippen molar-refractivity contribution in [3.8, 4) is 0 Å². The maximum atomic E-state index is 12.6. The fraction of sp³-hybridized carbons (Fsp3) is 0.846. The zero-order valence-corrected chi connectivity index (χ0v) is 15.4. The number of esters is 1. The normalized spacial score (nSPS) is 28.0. The van der Waals surface area contributed by atoms with Gasteiger partial charge in [0, 0.05) is 17.1 Å². The van der Waals surface area contributed by atoms with Gasteiger partial charge in [0.15, 0.2) is 0 Å². The van der Waals surface area contributed by atoms with E-state index in [1.54, 1.807) is 13.8 Å². The van der Waals surface area contributed by atoms with Gasteiger partial charge in [0.2, 0.25) is 0 Å². The van der Waals surface area contributed by atoms with E-state index in [-0.39, 0.29) is 19.6 Å². The van der Waals surface area contributed by atoms with Crippen molar-refractivity contribution in [2.24, 2.45) is 10.6 Å². The lowest BCUT2D eigenvalue weighted by Gasteiger charge is -2.43. The van der Waals surface area contributed by atoms with E-state index < -0.39 is 43.4 Å². The summed E-state index contributed by atoms with van der Waals surface area (Å²) in [7, 11) is -2.69. The first kappa shape index (κ1) is 21.8. The van der Waals surface area contributed by atoms with E-state index in [0.717, 1.165) is 0 Å². The Labute approximate surface area is 145 Å². The van der Waals surface area contributed by atoms with E-state index >= 15 is 0 Å². The number of amides is 1. The maximum Gasteiger partial charge on any atom is 0.406 e. The molecule has 144 valence electrons. The smallest absolute Gasteiger partial charge is 0.406 e. The van der Waals surface area contributed by atoms with Crippen molar-refractivity contribution in [3.63, 3.8) is 0 Å². The van der Waals surface area contributed by atoms with Crippen LogP contribution in [0, 0.1) is 10.3 Å². The molecule has 1 heterocycles. The van der Waals surface area contributed by atoms with E-state index in [0.29, 0.717) is 0 Å². The molecular weight excluding hydrogens is 357 g/mol. The second-order valence-corrected chi connectivity index (χ2v) is 8.01. The molecule has 0 aromatic heterocycles. The van der Waals surface area contributed by atoms with Gasteiger partial charge in [0.25, 0.3) is 0 Å². The van der Waals surface area contributed by atoms with Gasteiger partial charge in [-0.1, -0.05) is 13.8 Å². The maximum absolute atomic E-state index is 12.6. The van der Waals surface area contributed by atoms with Crippen molar-refractivity contribution in [2.45, 2.75) is 45.6 Å². The molecule has 11 nitrogen and oxygen atoms in total. The number of nitrogens with zero attached hydrogens (tertiary/aromatic N) is 1. The standard InChI is InChI=1S/C13H24N3O8P/c1-8(11(18)15-20)16-25(21)23-7-13(2,3)10(24-25)12(19)14-6-5-9(17)22-4/h8,10,12,14,19H,5-7H2,1-4H3,(H,16,21)/t8-,10-,12?,25?/m0/s1. The predicted octanol–water partition coefficient (Wildman–Crippen LogP) is 0.278. The summed E-state index contributed by atoms with van der Waals surface area (Å²) in [5.41, 5.74) is -0.719. The van der Waals surface area contributed by atoms with Crippen molar-refractivity contribution < 1.29 is 33.0 Å². The molecule has 0 saturated carbocycles. The molecule has 0 aromatic rings. The van der Waals surface area contributed by atoms with E-state index in [4.69, 9.17) is 9.05 Å². The second-order valence-electron chi connectivity index (χ2n) is 6.29. The van der Waals surface area contributed by atoms with E-state index in [2.05, 4.69) is 20.3 Å². The number of ether oxygens (including phenoxy) is 1. The average molecular weight is 381 g/mol. The Hall–Kier alpha value is -1.23. The number of nitroso groups, excluding NO2 is 1. The van der Waals surface area contributed by atoms with Gasteiger partial charge in [0.1, 0.15) is 12.3 Å². The van der Waals surface area contributed by atoms with E-state index in [1.807, 2.05) is 0 Å². The summed E-state index contributed by atoms with van der Waals surface area (Å²) in [6.07, 6.45) is -2.19. The summed E-state index contributed by atoms with van der Waals surface area (Å²) in [6.45, 7) is 4.83. The van der Waals surface area contributed by atoms with Crippen LogP contribution in [-0.2, 0) is 27.9 Å². The highest BCUT2D eigenvalue weighted by atomic mass is 31.2. The van der Waals surface area contributed by atoms with Crippen LogP contribution in [-0.4, -0.2) is 55.6 Å². The van der Waals surface area contributed by atoms with Gasteiger partial charge in [-0.15, -0.1) is 4.91 Å². The van der Waals surface area contributed by atoms with Crippen LogP contribution in [0.5, 0.6) is 0 Å². The minimum atomic E-state index is -3.94. The summed E-state index contributed by atoms with van der Waals surface area (Å²) in [4.78, 5) is 32.6. The third-order valence-electron chi connectivity index (χ3n) is 3.64. The number of carbonyl (C=O) groups is 2. The van der Waals surface area contributed by atoms with Gasteiger partial charge in [0.05, 0.1) is 26.2 Å². The molecule has 4 atom stereocenters. The number of aliphatic hydroxyl groups excluding tert-OH is 1. The highest BCUT2D eigenvalue weighted by molar-refractivity contribution is 7.51. The number of methoxy groups -OCH3 is 1. The summed E-state index contributed by atoms with van der Waals surface area (Å²) in [5, 5.41) is 17.5. The van der Waals surface area contributed by atoms with Crippen molar-refractivity contribution in [3.05, 3.63) is 4.91 Å². The van der Waals surface area contributed by atoms with E-state index in [1.165, 1.54) is 14.0 Å². The molecular formula is C13H24N3O8P. The number of carbonyl (C=O) groups excluding carboxylic acids is 2. The Bertz CT molecular complexity index is 555. The number of rotatable bonds is 8. The van der Waals surface area contributed by atoms with Crippen molar-refractivity contribution in [2.75, 3.05) is 20.3 Å². The van der Waals surface area contributed by atoms with Gasteiger partial charge in [-0.2, -0.15) is 0 Å². The minimum absolute atomic E-state index is 0.0314. The molecule has 0 aromatic carbocycles. The van der Waals surface area contributed by atoms with Gasteiger partial charge in [-0.3, -0.25) is 24.0 Å².